The number of hydrogen-bond donors (Lipinski definition) is 1. The molecule has 29 heavy (non-hydrogen) atoms. The van der Waals surface area contributed by atoms with Gasteiger partial charge in [-0.05, 0) is 23.8 Å². The number of para-hydroxylation sites is 1. The van der Waals surface area contributed by atoms with Gasteiger partial charge in [0.25, 0.3) is 0 Å². The molecule has 2 amide bonds. The fraction of sp³-hybridized carbons (Fsp3) is 0.200. The first-order valence-corrected chi connectivity index (χ1v) is 10.8. The average Bonchev–Trinajstić information content (AvgIpc) is 3.34. The number of carbonyl (C=O) groups is 2. The van der Waals surface area contributed by atoms with Crippen molar-refractivity contribution in [1.29, 1.82) is 0 Å². The maximum absolute atomic E-state index is 13.7. The number of carbonyl (C=O) groups excluding carboxylic acids is 2. The summed E-state index contributed by atoms with van der Waals surface area (Å²) in [6.45, 7) is 0.336. The Labute approximate surface area is 175 Å². The number of amides is 2. The van der Waals surface area contributed by atoms with Gasteiger partial charge in [0.2, 0.25) is 16.9 Å². The lowest BCUT2D eigenvalue weighted by molar-refractivity contribution is -0.122. The third-order valence-corrected chi connectivity index (χ3v) is 6.53. The highest BCUT2D eigenvalue weighted by molar-refractivity contribution is 8.00. The van der Waals surface area contributed by atoms with Crippen molar-refractivity contribution < 1.29 is 14.0 Å². The van der Waals surface area contributed by atoms with Crippen LogP contribution in [-0.2, 0) is 15.3 Å². The smallest absolute Gasteiger partial charge is 0.231 e. The Morgan fingerprint density at radius 3 is 2.72 bits per heavy atom. The van der Waals surface area contributed by atoms with Crippen molar-refractivity contribution in [2.75, 3.05) is 16.8 Å². The van der Waals surface area contributed by atoms with E-state index in [9.17, 15) is 14.0 Å². The predicted molar refractivity (Wildman–Crippen MR) is 111 cm³/mol. The van der Waals surface area contributed by atoms with Crippen LogP contribution in [-0.4, -0.2) is 28.6 Å². The Bertz CT molecular complexity index is 1030. The van der Waals surface area contributed by atoms with E-state index >= 15 is 0 Å². The molecule has 3 aromatic rings. The first-order chi connectivity index (χ1) is 14.1. The van der Waals surface area contributed by atoms with E-state index in [4.69, 9.17) is 0 Å². The quantitative estimate of drug-likeness (QED) is 0.475. The molecule has 0 unspecified atom stereocenters. The highest BCUT2D eigenvalue weighted by Crippen LogP contribution is 2.30. The molecule has 0 saturated carbocycles. The minimum Gasteiger partial charge on any atom is -0.312 e. The van der Waals surface area contributed by atoms with Crippen molar-refractivity contribution in [3.05, 3.63) is 66.0 Å². The summed E-state index contributed by atoms with van der Waals surface area (Å²) in [5.74, 6) is -0.598. The van der Waals surface area contributed by atoms with Crippen molar-refractivity contribution in [3.63, 3.8) is 0 Å². The Kier molecular flexibility index (Phi) is 5.86. The third-order valence-electron chi connectivity index (χ3n) is 4.51. The normalized spacial score (nSPS) is 16.2. The number of thioether (sulfide) groups is 1. The average molecular weight is 429 g/mol. The number of rotatable bonds is 6. The lowest BCUT2D eigenvalue weighted by Crippen LogP contribution is -2.28. The van der Waals surface area contributed by atoms with Crippen molar-refractivity contribution in [2.24, 2.45) is 5.92 Å². The van der Waals surface area contributed by atoms with Crippen molar-refractivity contribution in [2.45, 2.75) is 16.5 Å². The van der Waals surface area contributed by atoms with Crippen LogP contribution < -0.4 is 10.2 Å². The van der Waals surface area contributed by atoms with E-state index in [0.29, 0.717) is 27.3 Å². The highest BCUT2D eigenvalue weighted by Gasteiger charge is 2.35. The number of nitrogens with one attached hydrogen (secondary N) is 1. The predicted octanol–water partition coefficient (Wildman–Crippen LogP) is 3.96. The molecule has 1 fully saturated rings. The number of aromatic nitrogens is 2. The molecule has 2 aromatic carbocycles. The van der Waals surface area contributed by atoms with Gasteiger partial charge in [0, 0.05) is 24.4 Å². The molecule has 1 aromatic heterocycles. The number of nitrogens with zero attached hydrogens (tertiary/aromatic N) is 3. The summed E-state index contributed by atoms with van der Waals surface area (Å²) in [5.41, 5.74) is 1.37. The van der Waals surface area contributed by atoms with Gasteiger partial charge in [-0.15, -0.1) is 10.2 Å². The van der Waals surface area contributed by atoms with Gasteiger partial charge in [-0.2, -0.15) is 0 Å². The fourth-order valence-corrected chi connectivity index (χ4v) is 4.76. The van der Waals surface area contributed by atoms with E-state index in [2.05, 4.69) is 15.5 Å². The molecule has 9 heteroatoms. The molecule has 4 rings (SSSR count). The van der Waals surface area contributed by atoms with Crippen LogP contribution in [0.1, 0.15) is 12.0 Å². The summed E-state index contributed by atoms with van der Waals surface area (Å²) in [6.07, 6.45) is 0.161. The van der Waals surface area contributed by atoms with Crippen molar-refractivity contribution >= 4 is 45.7 Å². The molecule has 1 atom stereocenters. The van der Waals surface area contributed by atoms with Crippen LogP contribution in [0.25, 0.3) is 0 Å². The Morgan fingerprint density at radius 1 is 1.17 bits per heavy atom. The van der Waals surface area contributed by atoms with Crippen LogP contribution in [0.3, 0.4) is 0 Å². The molecule has 1 aliphatic rings. The molecule has 6 nitrogen and oxygen atoms in total. The zero-order valence-corrected chi connectivity index (χ0v) is 16.9. The van der Waals surface area contributed by atoms with Gasteiger partial charge in [-0.1, -0.05) is 59.5 Å². The summed E-state index contributed by atoms with van der Waals surface area (Å²) in [5, 5.41) is 11.1. The van der Waals surface area contributed by atoms with Gasteiger partial charge in [-0.25, -0.2) is 4.39 Å². The highest BCUT2D eigenvalue weighted by atomic mass is 32.2. The molecular formula is C20H17FN4O2S2. The molecule has 0 bridgehead atoms. The second-order valence-electron chi connectivity index (χ2n) is 6.48. The number of halogens is 1. The Morgan fingerprint density at radius 2 is 1.93 bits per heavy atom. The largest absolute Gasteiger partial charge is 0.312 e. The lowest BCUT2D eigenvalue weighted by Gasteiger charge is -2.16. The molecule has 1 saturated heterocycles. The van der Waals surface area contributed by atoms with Gasteiger partial charge in [0.1, 0.15) is 5.82 Å². The van der Waals surface area contributed by atoms with E-state index in [-0.39, 0.29) is 24.1 Å². The summed E-state index contributed by atoms with van der Waals surface area (Å²) in [7, 11) is 0. The molecular weight excluding hydrogens is 411 g/mol. The molecule has 2 heterocycles. The molecule has 0 spiro atoms. The number of anilines is 2. The van der Waals surface area contributed by atoms with Crippen LogP contribution in [0, 0.1) is 11.7 Å². The van der Waals surface area contributed by atoms with E-state index < -0.39 is 5.92 Å². The van der Waals surface area contributed by atoms with Gasteiger partial charge >= 0.3 is 0 Å². The SMILES string of the molecule is O=C(Nc1nnc(SCc2ccccc2F)s1)[C@H]1CC(=O)N(c2ccccc2)C1. The minimum absolute atomic E-state index is 0.0743. The Balaban J connectivity index is 1.34. The molecule has 0 aliphatic carbocycles. The molecule has 1 aliphatic heterocycles. The monoisotopic (exact) mass is 428 g/mol. The summed E-state index contributed by atoms with van der Waals surface area (Å²) in [4.78, 5) is 26.5. The van der Waals surface area contributed by atoms with Gasteiger partial charge in [0.05, 0.1) is 5.92 Å². The summed E-state index contributed by atoms with van der Waals surface area (Å²) < 4.78 is 14.3. The first kappa shape index (κ1) is 19.5. The maximum atomic E-state index is 13.7. The fourth-order valence-electron chi connectivity index (χ4n) is 3.02. The third kappa shape index (κ3) is 4.63. The zero-order chi connectivity index (χ0) is 20.2. The Hall–Kier alpha value is -2.78. The maximum Gasteiger partial charge on any atom is 0.231 e. The van der Waals surface area contributed by atoms with Crippen molar-refractivity contribution in [1.82, 2.24) is 10.2 Å². The summed E-state index contributed by atoms with van der Waals surface area (Å²) in [6, 6.07) is 15.9. The van der Waals surface area contributed by atoms with Crippen LogP contribution in [0.2, 0.25) is 0 Å². The molecule has 148 valence electrons. The van der Waals surface area contributed by atoms with Crippen LogP contribution in [0.15, 0.2) is 58.9 Å². The summed E-state index contributed by atoms with van der Waals surface area (Å²) >= 11 is 2.59. The topological polar surface area (TPSA) is 75.2 Å². The van der Waals surface area contributed by atoms with Gasteiger partial charge in [-0.3, -0.25) is 9.59 Å². The van der Waals surface area contributed by atoms with Crippen LogP contribution >= 0.6 is 23.1 Å². The second-order valence-corrected chi connectivity index (χ2v) is 8.68. The van der Waals surface area contributed by atoms with E-state index in [1.54, 1.807) is 23.1 Å². The van der Waals surface area contributed by atoms with Crippen molar-refractivity contribution in [3.8, 4) is 0 Å². The molecule has 1 N–H and O–H groups in total. The van der Waals surface area contributed by atoms with Gasteiger partial charge in [0.15, 0.2) is 4.34 Å². The van der Waals surface area contributed by atoms with E-state index in [1.165, 1.54) is 29.2 Å². The van der Waals surface area contributed by atoms with Crippen LogP contribution in [0.5, 0.6) is 0 Å². The molecule has 0 radical (unpaired) electrons. The zero-order valence-electron chi connectivity index (χ0n) is 15.2. The van der Waals surface area contributed by atoms with Gasteiger partial charge < -0.3 is 10.2 Å². The first-order valence-electron chi connectivity index (χ1n) is 8.96. The number of hydrogen-bond acceptors (Lipinski definition) is 6. The minimum atomic E-state index is -0.443. The lowest BCUT2D eigenvalue weighted by atomic mass is 10.1. The second kappa shape index (κ2) is 8.71. The van der Waals surface area contributed by atoms with Crippen LogP contribution in [0.4, 0.5) is 15.2 Å². The standard InChI is InChI=1S/C20H17FN4O2S2/c21-16-9-5-4-6-13(16)12-28-20-24-23-19(29-20)22-18(27)14-10-17(26)25(11-14)15-7-2-1-3-8-15/h1-9,14H,10-12H2,(H,22,23,27)/t14-/m0/s1. The number of benzene rings is 2. The van der Waals surface area contributed by atoms with E-state index in [1.807, 2.05) is 30.3 Å². The van der Waals surface area contributed by atoms with E-state index in [0.717, 1.165) is 5.69 Å².